The van der Waals surface area contributed by atoms with Crippen LogP contribution in [0.5, 0.6) is 0 Å². The van der Waals surface area contributed by atoms with Gasteiger partial charge in [-0.2, -0.15) is 5.10 Å². The number of benzene rings is 1. The molecule has 19 heavy (non-hydrogen) atoms. The molecule has 5 nitrogen and oxygen atoms in total. The summed E-state index contributed by atoms with van der Waals surface area (Å²) >= 11 is 0. The molecule has 0 radical (unpaired) electrons. The van der Waals surface area contributed by atoms with Crippen molar-refractivity contribution in [2.75, 3.05) is 11.1 Å². The maximum atomic E-state index is 12.1. The standard InChI is InChI=1S/C14H16N4O/c15-11-5-3-4-10(8-11)14(19)17-12-9-16-18-7-2-1-6-13(12)18/h3-5,8-9H,1-2,6-7,15H2,(H,17,19). The zero-order valence-corrected chi connectivity index (χ0v) is 10.6. The first kappa shape index (κ1) is 11.8. The van der Waals surface area contributed by atoms with Gasteiger partial charge in [-0.05, 0) is 37.5 Å². The number of carbonyl (C=O) groups excluding carboxylic acids is 1. The highest BCUT2D eigenvalue weighted by Gasteiger charge is 2.16. The van der Waals surface area contributed by atoms with Gasteiger partial charge in [0.1, 0.15) is 0 Å². The van der Waals surface area contributed by atoms with E-state index >= 15 is 0 Å². The lowest BCUT2D eigenvalue weighted by Crippen LogP contribution is -2.16. The van der Waals surface area contributed by atoms with Gasteiger partial charge >= 0.3 is 0 Å². The quantitative estimate of drug-likeness (QED) is 0.808. The molecule has 1 aliphatic rings. The largest absolute Gasteiger partial charge is 0.399 e. The Morgan fingerprint density at radius 2 is 2.26 bits per heavy atom. The van der Waals surface area contributed by atoms with E-state index in [2.05, 4.69) is 10.4 Å². The molecule has 1 amide bonds. The summed E-state index contributed by atoms with van der Waals surface area (Å²) in [5.41, 5.74) is 8.76. The number of nitrogens with zero attached hydrogens (tertiary/aromatic N) is 2. The van der Waals surface area contributed by atoms with E-state index in [1.54, 1.807) is 30.5 Å². The zero-order valence-electron chi connectivity index (χ0n) is 10.6. The molecule has 98 valence electrons. The van der Waals surface area contributed by atoms with Crippen LogP contribution in [0.15, 0.2) is 30.5 Å². The van der Waals surface area contributed by atoms with Crippen molar-refractivity contribution in [3.8, 4) is 0 Å². The Balaban J connectivity index is 1.82. The van der Waals surface area contributed by atoms with Crippen LogP contribution < -0.4 is 11.1 Å². The number of nitrogens with one attached hydrogen (secondary N) is 1. The molecule has 0 fully saturated rings. The fourth-order valence-electron chi connectivity index (χ4n) is 2.40. The van der Waals surface area contributed by atoms with Crippen molar-refractivity contribution in [3.63, 3.8) is 0 Å². The summed E-state index contributed by atoms with van der Waals surface area (Å²) < 4.78 is 1.97. The van der Waals surface area contributed by atoms with E-state index in [9.17, 15) is 4.79 Å². The summed E-state index contributed by atoms with van der Waals surface area (Å²) in [7, 11) is 0. The number of aryl methyl sites for hydroxylation is 1. The summed E-state index contributed by atoms with van der Waals surface area (Å²) in [6.45, 7) is 0.934. The van der Waals surface area contributed by atoms with Gasteiger partial charge in [0.25, 0.3) is 5.91 Å². The van der Waals surface area contributed by atoms with Crippen molar-refractivity contribution in [3.05, 3.63) is 41.7 Å². The van der Waals surface area contributed by atoms with Crippen LogP contribution in [0.2, 0.25) is 0 Å². The molecule has 3 N–H and O–H groups in total. The smallest absolute Gasteiger partial charge is 0.255 e. The van der Waals surface area contributed by atoms with Gasteiger partial charge in [-0.25, -0.2) is 0 Å². The number of nitrogen functional groups attached to an aromatic ring is 1. The zero-order chi connectivity index (χ0) is 13.2. The van der Waals surface area contributed by atoms with Crippen molar-refractivity contribution in [2.45, 2.75) is 25.8 Å². The van der Waals surface area contributed by atoms with Gasteiger partial charge in [-0.3, -0.25) is 9.48 Å². The molecule has 0 aliphatic carbocycles. The summed E-state index contributed by atoms with van der Waals surface area (Å²) in [6, 6.07) is 6.96. The molecule has 0 bridgehead atoms. The van der Waals surface area contributed by atoms with Crippen molar-refractivity contribution in [1.82, 2.24) is 9.78 Å². The van der Waals surface area contributed by atoms with E-state index in [-0.39, 0.29) is 5.91 Å². The number of amides is 1. The average molecular weight is 256 g/mol. The summed E-state index contributed by atoms with van der Waals surface area (Å²) in [6.07, 6.45) is 4.99. The summed E-state index contributed by atoms with van der Waals surface area (Å²) in [5, 5.41) is 7.21. The minimum Gasteiger partial charge on any atom is -0.399 e. The molecule has 1 aromatic carbocycles. The van der Waals surface area contributed by atoms with Gasteiger partial charge in [0, 0.05) is 17.8 Å². The number of hydrogen-bond acceptors (Lipinski definition) is 3. The second-order valence-electron chi connectivity index (χ2n) is 4.76. The van der Waals surface area contributed by atoms with E-state index in [0.29, 0.717) is 11.3 Å². The topological polar surface area (TPSA) is 72.9 Å². The molecule has 1 aromatic heterocycles. The predicted molar refractivity (Wildman–Crippen MR) is 74.0 cm³/mol. The maximum absolute atomic E-state index is 12.1. The van der Waals surface area contributed by atoms with Crippen LogP contribution in [0, 0.1) is 0 Å². The Hall–Kier alpha value is -2.30. The number of rotatable bonds is 2. The number of aromatic nitrogens is 2. The molecule has 0 unspecified atom stereocenters. The third-order valence-electron chi connectivity index (χ3n) is 3.38. The van der Waals surface area contributed by atoms with Gasteiger partial charge in [0.2, 0.25) is 0 Å². The first-order chi connectivity index (χ1) is 9.24. The molecule has 0 saturated heterocycles. The first-order valence-electron chi connectivity index (χ1n) is 6.45. The molecule has 0 saturated carbocycles. The number of hydrogen-bond donors (Lipinski definition) is 2. The Bertz CT molecular complexity index is 618. The molecule has 0 spiro atoms. The molecule has 1 aliphatic heterocycles. The molecule has 0 atom stereocenters. The SMILES string of the molecule is Nc1cccc(C(=O)Nc2cnn3c2CCCC3)c1. The van der Waals surface area contributed by atoms with Crippen molar-refractivity contribution < 1.29 is 4.79 Å². The lowest BCUT2D eigenvalue weighted by atomic mass is 10.1. The van der Waals surface area contributed by atoms with Crippen LogP contribution in [0.3, 0.4) is 0 Å². The second-order valence-corrected chi connectivity index (χ2v) is 4.76. The van der Waals surface area contributed by atoms with E-state index in [1.165, 1.54) is 0 Å². The normalized spacial score (nSPS) is 13.9. The molecular weight excluding hydrogens is 240 g/mol. The molecule has 2 aromatic rings. The number of nitrogens with two attached hydrogens (primary N) is 1. The van der Waals surface area contributed by atoms with Gasteiger partial charge in [0.15, 0.2) is 0 Å². The van der Waals surface area contributed by atoms with E-state index in [0.717, 1.165) is 37.2 Å². The fourth-order valence-corrected chi connectivity index (χ4v) is 2.40. The number of carbonyl (C=O) groups is 1. The van der Waals surface area contributed by atoms with Crippen molar-refractivity contribution in [1.29, 1.82) is 0 Å². The monoisotopic (exact) mass is 256 g/mol. The van der Waals surface area contributed by atoms with Gasteiger partial charge in [0.05, 0.1) is 17.6 Å². The molecular formula is C14H16N4O. The van der Waals surface area contributed by atoms with Crippen LogP contribution in [-0.2, 0) is 13.0 Å². The van der Waals surface area contributed by atoms with Crippen LogP contribution in [0.1, 0.15) is 28.9 Å². The number of anilines is 2. The number of fused-ring (bicyclic) bond motifs is 1. The van der Waals surface area contributed by atoms with Gasteiger partial charge in [-0.1, -0.05) is 6.07 Å². The Morgan fingerprint density at radius 3 is 3.11 bits per heavy atom. The second kappa shape index (κ2) is 4.76. The summed E-state index contributed by atoms with van der Waals surface area (Å²) in [4.78, 5) is 12.1. The minimum atomic E-state index is -0.145. The van der Waals surface area contributed by atoms with Crippen LogP contribution in [0.25, 0.3) is 0 Å². The van der Waals surface area contributed by atoms with Crippen LogP contribution in [-0.4, -0.2) is 15.7 Å². The fraction of sp³-hybridized carbons (Fsp3) is 0.286. The highest BCUT2D eigenvalue weighted by molar-refractivity contribution is 6.05. The first-order valence-corrected chi connectivity index (χ1v) is 6.45. The summed E-state index contributed by atoms with van der Waals surface area (Å²) in [5.74, 6) is -0.145. The van der Waals surface area contributed by atoms with Crippen molar-refractivity contribution >= 4 is 17.3 Å². The lowest BCUT2D eigenvalue weighted by Gasteiger charge is -2.14. The Kier molecular flexibility index (Phi) is 2.95. The van der Waals surface area contributed by atoms with Gasteiger partial charge < -0.3 is 11.1 Å². The van der Waals surface area contributed by atoms with Crippen LogP contribution in [0.4, 0.5) is 11.4 Å². The highest BCUT2D eigenvalue weighted by atomic mass is 16.1. The minimum absolute atomic E-state index is 0.145. The van der Waals surface area contributed by atoms with E-state index in [1.807, 2.05) is 4.68 Å². The van der Waals surface area contributed by atoms with Crippen molar-refractivity contribution in [2.24, 2.45) is 0 Å². The molecule has 5 heteroatoms. The van der Waals surface area contributed by atoms with Crippen LogP contribution >= 0.6 is 0 Å². The van der Waals surface area contributed by atoms with E-state index < -0.39 is 0 Å². The Morgan fingerprint density at radius 1 is 1.37 bits per heavy atom. The molecule has 3 rings (SSSR count). The van der Waals surface area contributed by atoms with Gasteiger partial charge in [-0.15, -0.1) is 0 Å². The highest BCUT2D eigenvalue weighted by Crippen LogP contribution is 2.22. The average Bonchev–Trinajstić information content (AvgIpc) is 2.82. The Labute approximate surface area is 111 Å². The maximum Gasteiger partial charge on any atom is 0.255 e. The molecule has 2 heterocycles. The van der Waals surface area contributed by atoms with E-state index in [4.69, 9.17) is 5.73 Å². The third-order valence-corrected chi connectivity index (χ3v) is 3.38. The third kappa shape index (κ3) is 2.31. The predicted octanol–water partition coefficient (Wildman–Crippen LogP) is 2.05. The lowest BCUT2D eigenvalue weighted by molar-refractivity contribution is 0.102.